The smallest absolute Gasteiger partial charge is 0.323 e. The van der Waals surface area contributed by atoms with Crippen molar-refractivity contribution in [2.45, 2.75) is 0 Å². The van der Waals surface area contributed by atoms with Crippen LogP contribution in [0.5, 0.6) is 17.2 Å². The van der Waals surface area contributed by atoms with Crippen LogP contribution in [0.2, 0.25) is 5.02 Å². The number of halogens is 1. The van der Waals surface area contributed by atoms with Crippen LogP contribution in [-0.4, -0.2) is 27.4 Å². The third-order valence-corrected chi connectivity index (χ3v) is 3.27. The van der Waals surface area contributed by atoms with Gasteiger partial charge in [-0.15, -0.1) is 0 Å². The van der Waals surface area contributed by atoms with Crippen LogP contribution in [0.25, 0.3) is 0 Å². The van der Waals surface area contributed by atoms with Crippen molar-refractivity contribution in [1.29, 1.82) is 0 Å². The number of ether oxygens (including phenoxy) is 3. The van der Waals surface area contributed by atoms with Crippen LogP contribution in [0.1, 0.15) is 0 Å². The second-order valence-electron chi connectivity index (χ2n) is 4.50. The fourth-order valence-corrected chi connectivity index (χ4v) is 2.16. The van der Waals surface area contributed by atoms with Gasteiger partial charge in [-0.3, -0.25) is 0 Å². The summed E-state index contributed by atoms with van der Waals surface area (Å²) in [5.41, 5.74) is 0.969. The predicted molar refractivity (Wildman–Crippen MR) is 90.2 cm³/mol. The van der Waals surface area contributed by atoms with Crippen molar-refractivity contribution >= 4 is 29.0 Å². The molecule has 0 atom stereocenters. The van der Waals surface area contributed by atoms with Crippen molar-refractivity contribution in [3.8, 4) is 17.2 Å². The molecule has 0 aromatic heterocycles. The number of carbonyl (C=O) groups excluding carboxylic acids is 1. The Hall–Kier alpha value is -2.60. The first-order chi connectivity index (χ1) is 11.1. The van der Waals surface area contributed by atoms with Crippen molar-refractivity contribution in [2.24, 2.45) is 0 Å². The van der Waals surface area contributed by atoms with Gasteiger partial charge in [0.15, 0.2) is 0 Å². The maximum Gasteiger partial charge on any atom is 0.323 e. The maximum atomic E-state index is 12.2. The third-order valence-electron chi connectivity index (χ3n) is 3.04. The summed E-state index contributed by atoms with van der Waals surface area (Å²) in [7, 11) is 4.52. The molecular weight excluding hydrogens is 320 g/mol. The summed E-state index contributed by atoms with van der Waals surface area (Å²) in [5, 5.41) is 5.92. The van der Waals surface area contributed by atoms with Gasteiger partial charge in [0.2, 0.25) is 0 Å². The van der Waals surface area contributed by atoms with Crippen LogP contribution in [0.15, 0.2) is 36.4 Å². The average molecular weight is 337 g/mol. The van der Waals surface area contributed by atoms with Gasteiger partial charge in [0.1, 0.15) is 22.9 Å². The number of benzene rings is 2. The Morgan fingerprint density at radius 3 is 2.13 bits per heavy atom. The summed E-state index contributed by atoms with van der Waals surface area (Å²) in [4.78, 5) is 12.2. The first-order valence-corrected chi connectivity index (χ1v) is 7.08. The highest BCUT2D eigenvalue weighted by atomic mass is 35.5. The van der Waals surface area contributed by atoms with Gasteiger partial charge in [-0.2, -0.15) is 0 Å². The Kier molecular flexibility index (Phi) is 5.54. The number of anilines is 2. The van der Waals surface area contributed by atoms with Crippen molar-refractivity contribution in [3.63, 3.8) is 0 Å². The number of hydrogen-bond acceptors (Lipinski definition) is 4. The summed E-state index contributed by atoms with van der Waals surface area (Å²) in [5.74, 6) is 1.39. The highest BCUT2D eigenvalue weighted by Crippen LogP contribution is 2.38. The number of rotatable bonds is 5. The van der Waals surface area contributed by atoms with Gasteiger partial charge in [-0.25, -0.2) is 4.79 Å². The van der Waals surface area contributed by atoms with Gasteiger partial charge >= 0.3 is 6.03 Å². The largest absolute Gasteiger partial charge is 0.496 e. The van der Waals surface area contributed by atoms with E-state index in [0.29, 0.717) is 33.6 Å². The van der Waals surface area contributed by atoms with E-state index in [-0.39, 0.29) is 0 Å². The predicted octanol–water partition coefficient (Wildman–Crippen LogP) is 4.01. The number of nitrogens with one attached hydrogen (secondary N) is 2. The molecule has 23 heavy (non-hydrogen) atoms. The molecule has 0 saturated heterocycles. The Morgan fingerprint density at radius 2 is 1.61 bits per heavy atom. The Morgan fingerprint density at radius 1 is 0.957 bits per heavy atom. The zero-order valence-corrected chi connectivity index (χ0v) is 13.7. The van der Waals surface area contributed by atoms with Crippen LogP contribution in [0.3, 0.4) is 0 Å². The molecule has 2 aromatic rings. The van der Waals surface area contributed by atoms with Crippen LogP contribution < -0.4 is 24.8 Å². The van der Waals surface area contributed by atoms with E-state index in [2.05, 4.69) is 10.6 Å². The summed E-state index contributed by atoms with van der Waals surface area (Å²) in [6, 6.07) is 9.69. The van der Waals surface area contributed by atoms with Crippen molar-refractivity contribution in [2.75, 3.05) is 32.0 Å². The Bertz CT molecular complexity index is 681. The first kappa shape index (κ1) is 16.8. The van der Waals surface area contributed by atoms with Gasteiger partial charge < -0.3 is 24.8 Å². The third kappa shape index (κ3) is 4.20. The molecule has 7 heteroatoms. The minimum absolute atomic E-state index is 0.398. The SMILES string of the molecule is COc1cc(OC)c(NC(=O)Nc2cccc(Cl)c2)c(OC)c1. The van der Waals surface area contributed by atoms with Gasteiger partial charge in [0.25, 0.3) is 0 Å². The zero-order valence-electron chi connectivity index (χ0n) is 13.0. The Balaban J connectivity index is 2.22. The zero-order chi connectivity index (χ0) is 16.8. The van der Waals surface area contributed by atoms with Gasteiger partial charge in [-0.05, 0) is 18.2 Å². The monoisotopic (exact) mass is 336 g/mol. The molecule has 0 aliphatic rings. The average Bonchev–Trinajstić information content (AvgIpc) is 2.54. The standard InChI is InChI=1S/C16H17ClN2O4/c1-21-12-8-13(22-2)15(14(9-12)23-3)19-16(20)18-11-6-4-5-10(17)7-11/h4-9H,1-3H3,(H2,18,19,20). The molecule has 0 saturated carbocycles. The second kappa shape index (κ2) is 7.60. The molecule has 0 radical (unpaired) electrons. The van der Waals surface area contributed by atoms with Crippen LogP contribution >= 0.6 is 11.6 Å². The fourth-order valence-electron chi connectivity index (χ4n) is 1.97. The lowest BCUT2D eigenvalue weighted by Gasteiger charge is -2.16. The summed E-state index contributed by atoms with van der Waals surface area (Å²) >= 11 is 5.89. The molecule has 122 valence electrons. The number of hydrogen-bond donors (Lipinski definition) is 2. The molecular formula is C16H17ClN2O4. The summed E-state index contributed by atoms with van der Waals surface area (Å²) in [6.45, 7) is 0. The molecule has 0 heterocycles. The van der Waals surface area contributed by atoms with E-state index in [9.17, 15) is 4.79 Å². The molecule has 6 nitrogen and oxygen atoms in total. The van der Waals surface area contributed by atoms with Crippen molar-refractivity contribution < 1.29 is 19.0 Å². The summed E-state index contributed by atoms with van der Waals surface area (Å²) in [6.07, 6.45) is 0. The normalized spacial score (nSPS) is 9.91. The molecule has 0 bridgehead atoms. The minimum atomic E-state index is -0.450. The van der Waals surface area contributed by atoms with Crippen LogP contribution in [0.4, 0.5) is 16.2 Å². The summed E-state index contributed by atoms with van der Waals surface area (Å²) < 4.78 is 15.7. The molecule has 0 unspecified atom stereocenters. The molecule has 0 aliphatic carbocycles. The van der Waals surface area contributed by atoms with E-state index < -0.39 is 6.03 Å². The minimum Gasteiger partial charge on any atom is -0.496 e. The number of urea groups is 1. The van der Waals surface area contributed by atoms with E-state index in [1.807, 2.05) is 0 Å². The van der Waals surface area contributed by atoms with Gasteiger partial charge in [0.05, 0.1) is 21.3 Å². The topological polar surface area (TPSA) is 68.8 Å². The molecule has 0 spiro atoms. The quantitative estimate of drug-likeness (QED) is 0.865. The van der Waals surface area contributed by atoms with Gasteiger partial charge in [-0.1, -0.05) is 17.7 Å². The van der Waals surface area contributed by atoms with E-state index in [1.165, 1.54) is 21.3 Å². The highest BCUT2D eigenvalue weighted by molar-refractivity contribution is 6.30. The molecule has 2 rings (SSSR count). The lowest BCUT2D eigenvalue weighted by molar-refractivity contribution is 0.262. The van der Waals surface area contributed by atoms with E-state index in [1.54, 1.807) is 36.4 Å². The van der Waals surface area contributed by atoms with Crippen molar-refractivity contribution in [3.05, 3.63) is 41.4 Å². The van der Waals surface area contributed by atoms with E-state index in [0.717, 1.165) is 0 Å². The van der Waals surface area contributed by atoms with E-state index >= 15 is 0 Å². The van der Waals surface area contributed by atoms with Gasteiger partial charge in [0, 0.05) is 22.8 Å². The fraction of sp³-hybridized carbons (Fsp3) is 0.188. The molecule has 2 amide bonds. The van der Waals surface area contributed by atoms with Crippen LogP contribution in [-0.2, 0) is 0 Å². The molecule has 0 fully saturated rings. The molecule has 2 N–H and O–H groups in total. The van der Waals surface area contributed by atoms with E-state index in [4.69, 9.17) is 25.8 Å². The number of methoxy groups -OCH3 is 3. The van der Waals surface area contributed by atoms with Crippen molar-refractivity contribution in [1.82, 2.24) is 0 Å². The first-order valence-electron chi connectivity index (χ1n) is 6.71. The number of carbonyl (C=O) groups is 1. The molecule has 0 aliphatic heterocycles. The lowest BCUT2D eigenvalue weighted by atomic mass is 10.2. The maximum absolute atomic E-state index is 12.2. The Labute approximate surface area is 139 Å². The number of amides is 2. The van der Waals surface area contributed by atoms with Crippen LogP contribution in [0, 0.1) is 0 Å². The second-order valence-corrected chi connectivity index (χ2v) is 4.93. The highest BCUT2D eigenvalue weighted by Gasteiger charge is 2.16. The molecule has 2 aromatic carbocycles. The lowest BCUT2D eigenvalue weighted by Crippen LogP contribution is -2.20.